The van der Waals surface area contributed by atoms with Crippen LogP contribution in [0.15, 0.2) is 18.2 Å². The van der Waals surface area contributed by atoms with Gasteiger partial charge < -0.3 is 14.6 Å². The van der Waals surface area contributed by atoms with Gasteiger partial charge in [-0.3, -0.25) is 0 Å². The molecule has 0 bridgehead atoms. The minimum absolute atomic E-state index is 0.111. The summed E-state index contributed by atoms with van der Waals surface area (Å²) in [6.07, 6.45) is 1.86. The number of halogens is 2. The molecule has 0 saturated heterocycles. The summed E-state index contributed by atoms with van der Waals surface area (Å²) >= 11 is 0. The average Bonchev–Trinajstić information content (AvgIpc) is 2.29. The highest BCUT2D eigenvalue weighted by Crippen LogP contribution is 2.15. The predicted octanol–water partition coefficient (Wildman–Crippen LogP) is 0.613. The normalized spacial score (nSPS) is 12.0. The first-order valence-electron chi connectivity index (χ1n) is 5.38. The summed E-state index contributed by atoms with van der Waals surface area (Å²) in [5, 5.41) is 18.3. The second-order valence-corrected chi connectivity index (χ2v) is 4.31. The molecule has 6 heteroatoms. The van der Waals surface area contributed by atoms with Gasteiger partial charge >= 0.3 is 0 Å². The molecule has 0 heterocycles. The van der Waals surface area contributed by atoms with Crippen LogP contribution in [0.5, 0.6) is 0 Å². The van der Waals surface area contributed by atoms with Crippen molar-refractivity contribution in [1.29, 1.82) is 0 Å². The monoisotopic (exact) mass is 262 g/mol. The van der Waals surface area contributed by atoms with E-state index in [1.807, 2.05) is 0 Å². The molecule has 3 nitrogen and oxygen atoms in total. The molecule has 2 N–H and O–H groups in total. The van der Waals surface area contributed by atoms with Crippen LogP contribution in [-0.2, 0) is 10.8 Å². The molecule has 0 unspecified atom stereocenters. The van der Waals surface area contributed by atoms with Crippen LogP contribution < -0.4 is 0 Å². The fourth-order valence-electron chi connectivity index (χ4n) is 1.48. The molecule has 0 spiro atoms. The Kier molecular flexibility index (Phi) is 5.19. The summed E-state index contributed by atoms with van der Waals surface area (Å²) in [5.74, 6) is -3.76. The van der Waals surface area contributed by atoms with E-state index in [-0.39, 0.29) is 16.9 Å². The van der Waals surface area contributed by atoms with Gasteiger partial charge in [0.2, 0.25) is 0 Å². The molecule has 1 rings (SSSR count). The lowest BCUT2D eigenvalue weighted by molar-refractivity contribution is -0.295. The smallest absolute Gasteiger partial charge is 0.267 e. The summed E-state index contributed by atoms with van der Waals surface area (Å²) in [7, 11) is 0.248. The zero-order valence-electron chi connectivity index (χ0n) is 9.62. The Morgan fingerprint density at radius 1 is 1.18 bits per heavy atom. The number of hydrogen-bond acceptors (Lipinski definition) is 3. The van der Waals surface area contributed by atoms with E-state index in [1.165, 1.54) is 6.07 Å². The maximum atomic E-state index is 12.9. The lowest BCUT2D eigenvalue weighted by Gasteiger charge is -2.19. The number of benzene rings is 1. The molecular formula is C11H16F2O3Si. The Hall–Kier alpha value is -0.823. The van der Waals surface area contributed by atoms with Crippen molar-refractivity contribution in [3.63, 3.8) is 0 Å². The third kappa shape index (κ3) is 4.91. The van der Waals surface area contributed by atoms with E-state index in [4.69, 9.17) is 10.2 Å². The molecule has 0 atom stereocenters. The first-order chi connectivity index (χ1) is 7.94. The van der Waals surface area contributed by atoms with Gasteiger partial charge in [0.05, 0.1) is 0 Å². The molecule has 0 aromatic heterocycles. The van der Waals surface area contributed by atoms with Gasteiger partial charge in [-0.25, -0.2) is 8.78 Å². The molecule has 0 aliphatic carbocycles. The van der Waals surface area contributed by atoms with Crippen LogP contribution in [0.3, 0.4) is 0 Å². The molecule has 0 aliphatic heterocycles. The average molecular weight is 262 g/mol. The Morgan fingerprint density at radius 2 is 1.88 bits per heavy atom. The number of hydrogen-bond donors (Lipinski definition) is 2. The highest BCUT2D eigenvalue weighted by molar-refractivity contribution is 5.98. The third-order valence-electron chi connectivity index (χ3n) is 2.53. The second-order valence-electron chi connectivity index (χ2n) is 3.90. The maximum Gasteiger partial charge on any atom is 0.267 e. The molecule has 0 aliphatic rings. The van der Waals surface area contributed by atoms with Gasteiger partial charge in [0.1, 0.15) is 0 Å². The Bertz CT molecular complexity index is 372. The Balaban J connectivity index is 2.34. The molecule has 0 fully saturated rings. The lowest BCUT2D eigenvalue weighted by Crippen LogP contribution is -2.30. The minimum atomic E-state index is -2.04. The molecular weight excluding hydrogens is 246 g/mol. The molecule has 96 valence electrons. The highest BCUT2D eigenvalue weighted by atomic mass is 28.2. The highest BCUT2D eigenvalue weighted by Gasteiger charge is 2.19. The fourth-order valence-corrected chi connectivity index (χ4v) is 1.69. The topological polar surface area (TPSA) is 49.7 Å². The standard InChI is InChI=1S/C11H16F2O3Si/c12-9-5-4-8(7-10(9)13)3-1-2-6-11(14,15)16-17/h4-5,7,14-15H,1-3,6H2,17H3. The SMILES string of the molecule is OC(O)(CCCCc1ccc(F)c(F)c1)O[SiH3]. The summed E-state index contributed by atoms with van der Waals surface area (Å²) in [4.78, 5) is 0. The number of aryl methyl sites for hydroxylation is 1. The van der Waals surface area contributed by atoms with Crippen molar-refractivity contribution in [1.82, 2.24) is 0 Å². The Labute approximate surface area is 102 Å². The zero-order valence-corrected chi connectivity index (χ0v) is 11.6. The number of rotatable bonds is 6. The van der Waals surface area contributed by atoms with Gasteiger partial charge in [0.25, 0.3) is 5.97 Å². The van der Waals surface area contributed by atoms with Crippen molar-refractivity contribution in [3.8, 4) is 0 Å². The van der Waals surface area contributed by atoms with Crippen LogP contribution in [0.25, 0.3) is 0 Å². The van der Waals surface area contributed by atoms with E-state index in [0.717, 1.165) is 12.1 Å². The number of unbranched alkanes of at least 4 members (excludes halogenated alkanes) is 1. The quantitative estimate of drug-likeness (QED) is 0.449. The van der Waals surface area contributed by atoms with E-state index in [9.17, 15) is 8.78 Å². The summed E-state index contributed by atoms with van der Waals surface area (Å²) in [6, 6.07) is 3.77. The zero-order chi connectivity index (χ0) is 12.9. The predicted molar refractivity (Wildman–Crippen MR) is 62.1 cm³/mol. The fraction of sp³-hybridized carbons (Fsp3) is 0.455. The molecule has 0 radical (unpaired) electrons. The van der Waals surface area contributed by atoms with Crippen molar-refractivity contribution in [2.75, 3.05) is 0 Å². The van der Waals surface area contributed by atoms with E-state index < -0.39 is 17.6 Å². The van der Waals surface area contributed by atoms with E-state index in [2.05, 4.69) is 4.43 Å². The summed E-state index contributed by atoms with van der Waals surface area (Å²) in [5.41, 5.74) is 0.692. The van der Waals surface area contributed by atoms with Gasteiger partial charge in [-0.05, 0) is 37.0 Å². The number of aliphatic hydroxyl groups is 2. The third-order valence-corrected chi connectivity index (χ3v) is 3.18. The molecule has 0 saturated carbocycles. The second kappa shape index (κ2) is 6.20. The van der Waals surface area contributed by atoms with Crippen LogP contribution in [0.1, 0.15) is 24.8 Å². The Morgan fingerprint density at radius 3 is 2.47 bits per heavy atom. The van der Waals surface area contributed by atoms with Crippen LogP contribution >= 0.6 is 0 Å². The van der Waals surface area contributed by atoms with Gasteiger partial charge in [0, 0.05) is 6.42 Å². The van der Waals surface area contributed by atoms with Crippen molar-refractivity contribution in [3.05, 3.63) is 35.4 Å². The van der Waals surface area contributed by atoms with Crippen molar-refractivity contribution in [2.45, 2.75) is 31.7 Å². The molecule has 0 amide bonds. The van der Waals surface area contributed by atoms with Gasteiger partial charge in [-0.1, -0.05) is 6.07 Å². The van der Waals surface area contributed by atoms with E-state index >= 15 is 0 Å². The first-order valence-corrected chi connectivity index (χ1v) is 6.20. The van der Waals surface area contributed by atoms with E-state index in [0.29, 0.717) is 24.8 Å². The largest absolute Gasteiger partial charge is 0.381 e. The van der Waals surface area contributed by atoms with Gasteiger partial charge in [-0.15, -0.1) is 0 Å². The molecule has 1 aromatic rings. The maximum absolute atomic E-state index is 12.9. The van der Waals surface area contributed by atoms with Crippen LogP contribution in [0.4, 0.5) is 8.78 Å². The van der Waals surface area contributed by atoms with Crippen LogP contribution in [0, 0.1) is 11.6 Å². The molecule has 1 aromatic carbocycles. The van der Waals surface area contributed by atoms with Crippen LogP contribution in [0.2, 0.25) is 0 Å². The summed E-state index contributed by atoms with van der Waals surface area (Å²) < 4.78 is 30.1. The van der Waals surface area contributed by atoms with Gasteiger partial charge in [-0.2, -0.15) is 0 Å². The minimum Gasteiger partial charge on any atom is -0.381 e. The van der Waals surface area contributed by atoms with Crippen molar-refractivity contribution in [2.24, 2.45) is 0 Å². The van der Waals surface area contributed by atoms with Crippen LogP contribution in [-0.4, -0.2) is 26.7 Å². The first kappa shape index (κ1) is 14.2. The lowest BCUT2D eigenvalue weighted by atomic mass is 10.1. The summed E-state index contributed by atoms with van der Waals surface area (Å²) in [6.45, 7) is 0. The molecule has 17 heavy (non-hydrogen) atoms. The van der Waals surface area contributed by atoms with E-state index in [1.54, 1.807) is 0 Å². The van der Waals surface area contributed by atoms with Gasteiger partial charge in [0.15, 0.2) is 22.1 Å². The van der Waals surface area contributed by atoms with Crippen molar-refractivity contribution < 1.29 is 23.4 Å². The van der Waals surface area contributed by atoms with Crippen molar-refractivity contribution >= 4 is 10.5 Å².